The normalized spacial score (nSPS) is 15.8. The topological polar surface area (TPSA) is 45.2 Å². The van der Waals surface area contributed by atoms with Crippen molar-refractivity contribution in [3.05, 3.63) is 55.0 Å². The van der Waals surface area contributed by atoms with Crippen LogP contribution in [0.1, 0.15) is 4.88 Å². The summed E-state index contributed by atoms with van der Waals surface area (Å²) in [6.45, 7) is 0. The maximum atomic E-state index is 11.3. The summed E-state index contributed by atoms with van der Waals surface area (Å²) < 4.78 is 0. The molecule has 0 radical (unpaired) electrons. The zero-order valence-corrected chi connectivity index (χ0v) is 12.1. The zero-order valence-electron chi connectivity index (χ0n) is 9.58. The van der Waals surface area contributed by atoms with Gasteiger partial charge in [-0.05, 0) is 18.2 Å². The van der Waals surface area contributed by atoms with Crippen LogP contribution in [0.15, 0.2) is 44.7 Å². The summed E-state index contributed by atoms with van der Waals surface area (Å²) in [5.74, 6) is 0. The highest BCUT2D eigenvalue weighted by atomic mass is 32.1. The van der Waals surface area contributed by atoms with Crippen LogP contribution in [0.5, 0.6) is 0 Å². The monoisotopic (exact) mass is 304 g/mol. The van der Waals surface area contributed by atoms with Crippen molar-refractivity contribution in [2.24, 2.45) is 4.99 Å². The molecule has 1 aliphatic rings. The van der Waals surface area contributed by atoms with Crippen molar-refractivity contribution in [2.75, 3.05) is 0 Å². The predicted molar refractivity (Wildman–Crippen MR) is 84.5 cm³/mol. The molecule has 3 rings (SSSR count). The smallest absolute Gasteiger partial charge is 0.305 e. The van der Waals surface area contributed by atoms with Gasteiger partial charge in [-0.1, -0.05) is 41.8 Å². The van der Waals surface area contributed by atoms with Gasteiger partial charge in [-0.15, -0.1) is 12.6 Å². The van der Waals surface area contributed by atoms with Crippen molar-refractivity contribution in [3.63, 3.8) is 0 Å². The lowest BCUT2D eigenvalue weighted by atomic mass is 10.1. The summed E-state index contributed by atoms with van der Waals surface area (Å²) in [5, 5.41) is 2.45. The van der Waals surface area contributed by atoms with Gasteiger partial charge in [-0.3, -0.25) is 4.79 Å². The lowest BCUT2D eigenvalue weighted by molar-refractivity contribution is 1.16. The van der Waals surface area contributed by atoms with Gasteiger partial charge >= 0.3 is 4.87 Å². The van der Waals surface area contributed by atoms with Gasteiger partial charge < -0.3 is 4.98 Å². The molecule has 1 aromatic heterocycles. The Kier molecular flexibility index (Phi) is 3.22. The van der Waals surface area contributed by atoms with E-state index in [0.29, 0.717) is 10.0 Å². The molecular formula is C13H8N2OS3. The molecule has 0 saturated heterocycles. The van der Waals surface area contributed by atoms with E-state index in [0.717, 1.165) is 32.4 Å². The Morgan fingerprint density at radius 3 is 2.89 bits per heavy atom. The van der Waals surface area contributed by atoms with Gasteiger partial charge in [0.25, 0.3) is 0 Å². The van der Waals surface area contributed by atoms with Crippen molar-refractivity contribution in [1.82, 2.24) is 4.98 Å². The molecule has 0 fully saturated rings. The molecule has 0 unspecified atom stereocenters. The van der Waals surface area contributed by atoms with Gasteiger partial charge in [0.15, 0.2) is 0 Å². The minimum atomic E-state index is -0.129. The van der Waals surface area contributed by atoms with Gasteiger partial charge in [0.05, 0.1) is 15.3 Å². The number of hydrogen-bond acceptors (Lipinski definition) is 4. The molecule has 3 nitrogen and oxygen atoms in total. The molecule has 2 heterocycles. The van der Waals surface area contributed by atoms with Crippen LogP contribution in [0, 0.1) is 0 Å². The molecule has 94 valence electrons. The Bertz CT molecular complexity index is 874. The molecular weight excluding hydrogens is 296 g/mol. The van der Waals surface area contributed by atoms with Crippen LogP contribution in [0.3, 0.4) is 0 Å². The van der Waals surface area contributed by atoms with E-state index in [1.807, 2.05) is 36.4 Å². The molecule has 2 aromatic rings. The van der Waals surface area contributed by atoms with Crippen molar-refractivity contribution in [1.29, 1.82) is 0 Å². The Hall–Kier alpha value is -1.50. The minimum absolute atomic E-state index is 0.129. The average molecular weight is 304 g/mol. The zero-order chi connectivity index (χ0) is 13.4. The van der Waals surface area contributed by atoms with E-state index in [9.17, 15) is 4.79 Å². The highest BCUT2D eigenvalue weighted by Crippen LogP contribution is 2.19. The average Bonchev–Trinajstić information content (AvgIpc) is 2.69. The lowest BCUT2D eigenvalue weighted by Crippen LogP contribution is -2.29. The number of thiocarbonyl (C=S) groups is 1. The van der Waals surface area contributed by atoms with Gasteiger partial charge in [-0.2, -0.15) is 0 Å². The summed E-state index contributed by atoms with van der Waals surface area (Å²) in [7, 11) is 0. The summed E-state index contributed by atoms with van der Waals surface area (Å²) in [6, 6.07) is 7.79. The van der Waals surface area contributed by atoms with Gasteiger partial charge in [-0.25, -0.2) is 4.99 Å². The van der Waals surface area contributed by atoms with Crippen LogP contribution in [0.25, 0.3) is 12.2 Å². The van der Waals surface area contributed by atoms with Crippen molar-refractivity contribution in [3.8, 4) is 0 Å². The summed E-state index contributed by atoms with van der Waals surface area (Å²) in [6.07, 6.45) is 3.81. The first-order valence-corrected chi connectivity index (χ1v) is 7.14. The first-order valence-electron chi connectivity index (χ1n) is 5.47. The molecule has 0 saturated carbocycles. The first kappa shape index (κ1) is 12.5. The van der Waals surface area contributed by atoms with Gasteiger partial charge in [0.1, 0.15) is 4.99 Å². The van der Waals surface area contributed by atoms with Crippen molar-refractivity contribution in [2.45, 2.75) is 5.03 Å². The molecule has 0 atom stereocenters. The number of aromatic nitrogens is 1. The van der Waals surface area contributed by atoms with Crippen LogP contribution in [-0.2, 0) is 0 Å². The third-order valence-electron chi connectivity index (χ3n) is 2.66. The number of thiazole rings is 1. The van der Waals surface area contributed by atoms with Crippen LogP contribution in [0.2, 0.25) is 0 Å². The van der Waals surface area contributed by atoms with E-state index in [2.05, 4.69) is 22.6 Å². The first-order chi connectivity index (χ1) is 9.13. The van der Waals surface area contributed by atoms with Crippen LogP contribution in [-0.4, -0.2) is 9.97 Å². The third kappa shape index (κ3) is 2.47. The summed E-state index contributed by atoms with van der Waals surface area (Å²) in [5.41, 5.74) is 0.819. The Morgan fingerprint density at radius 2 is 2.16 bits per heavy atom. The number of benzene rings is 1. The molecule has 0 aliphatic carbocycles. The van der Waals surface area contributed by atoms with Crippen LogP contribution >= 0.6 is 36.2 Å². The quantitative estimate of drug-likeness (QED) is 0.477. The maximum Gasteiger partial charge on any atom is 0.305 e. The van der Waals surface area contributed by atoms with Gasteiger partial charge in [0, 0.05) is 10.8 Å². The molecule has 6 heteroatoms. The van der Waals surface area contributed by atoms with E-state index in [1.54, 1.807) is 0 Å². The Morgan fingerprint density at radius 1 is 1.37 bits per heavy atom. The predicted octanol–water partition coefficient (Wildman–Crippen LogP) is 1.55. The summed E-state index contributed by atoms with van der Waals surface area (Å²) >= 11 is 10.6. The number of H-pyrrole nitrogens is 1. The van der Waals surface area contributed by atoms with E-state index in [4.69, 9.17) is 12.2 Å². The van der Waals surface area contributed by atoms with Gasteiger partial charge in [0.2, 0.25) is 0 Å². The number of rotatable bonds is 1. The van der Waals surface area contributed by atoms with Crippen LogP contribution < -0.4 is 15.4 Å². The number of fused-ring (bicyclic) bond motifs is 1. The number of nitrogens with one attached hydrogen (secondary N) is 1. The number of nitrogens with zero attached hydrogens (tertiary/aromatic N) is 1. The molecule has 19 heavy (non-hydrogen) atoms. The second-order valence-electron chi connectivity index (χ2n) is 3.95. The summed E-state index contributed by atoms with van der Waals surface area (Å²) in [4.78, 5) is 19.4. The Balaban J connectivity index is 2.18. The highest BCUT2D eigenvalue weighted by molar-refractivity contribution is 7.81. The second kappa shape index (κ2) is 4.88. The van der Waals surface area contributed by atoms with E-state index >= 15 is 0 Å². The standard InChI is InChI=1S/C13H8N2OS3/c16-13-15-12(18)10(19-13)6-8-5-7-3-1-2-4-9(7)14-11(8)17/h1-6,18H,(H,15,16)/b8-6+. The van der Waals surface area contributed by atoms with E-state index < -0.39 is 0 Å². The third-order valence-corrected chi connectivity index (χ3v) is 4.32. The van der Waals surface area contributed by atoms with Crippen molar-refractivity contribution >= 4 is 53.3 Å². The van der Waals surface area contributed by atoms with Crippen molar-refractivity contribution < 1.29 is 0 Å². The number of aromatic amines is 1. The van der Waals surface area contributed by atoms with Crippen LogP contribution in [0.4, 0.5) is 0 Å². The maximum absolute atomic E-state index is 11.3. The van der Waals surface area contributed by atoms with E-state index in [-0.39, 0.29) is 4.87 Å². The Labute approximate surface area is 123 Å². The molecule has 0 bridgehead atoms. The minimum Gasteiger partial charge on any atom is -0.307 e. The largest absolute Gasteiger partial charge is 0.307 e. The number of thiol groups is 1. The molecule has 0 spiro atoms. The second-order valence-corrected chi connectivity index (χ2v) is 5.80. The number of hydrogen-bond donors (Lipinski definition) is 2. The fourth-order valence-corrected chi connectivity index (χ4v) is 3.07. The fraction of sp³-hybridized carbons (Fsp3) is 0. The molecule has 1 aliphatic heterocycles. The van der Waals surface area contributed by atoms with E-state index in [1.165, 1.54) is 0 Å². The SMILES string of the molecule is O=c1[nH]c(S)c(/C=C2\C=c3ccccc3=NC2=S)s1. The molecule has 1 N–H and O–H groups in total. The number of para-hydroxylation sites is 1. The fourth-order valence-electron chi connectivity index (χ4n) is 1.79. The highest BCUT2D eigenvalue weighted by Gasteiger charge is 2.09. The molecule has 0 amide bonds. The lowest BCUT2D eigenvalue weighted by Gasteiger charge is -2.05. The molecule has 1 aromatic carbocycles.